The molecule has 94 valence electrons. The highest BCUT2D eigenvalue weighted by molar-refractivity contribution is 5.39. The molecule has 1 saturated heterocycles. The molecular weight excluding hydrogens is 214 g/mol. The van der Waals surface area contributed by atoms with Gasteiger partial charge in [-0.05, 0) is 37.1 Å². The van der Waals surface area contributed by atoms with Gasteiger partial charge in [-0.3, -0.25) is 4.90 Å². The molecule has 2 rings (SSSR count). The Kier molecular flexibility index (Phi) is 4.02. The van der Waals surface area contributed by atoms with Crippen molar-refractivity contribution in [1.82, 2.24) is 4.90 Å². The molecule has 1 fully saturated rings. The lowest BCUT2D eigenvalue weighted by Crippen LogP contribution is -2.38. The molecule has 3 nitrogen and oxygen atoms in total. The first-order valence-corrected chi connectivity index (χ1v) is 6.34. The molecule has 1 aliphatic rings. The molecule has 1 aromatic rings. The van der Waals surface area contributed by atoms with Gasteiger partial charge in [-0.25, -0.2) is 0 Å². The molecule has 0 aliphatic carbocycles. The standard InChI is InChI=1S/C14H21NO2/c1-3-7-15-8-9-17-14(10-15)12-5-4-6-13(16)11(12)2/h4-6,14,16H,3,7-10H2,1-2H3. The van der Waals surface area contributed by atoms with Gasteiger partial charge in [0.05, 0.1) is 12.7 Å². The van der Waals surface area contributed by atoms with Crippen LogP contribution in [-0.2, 0) is 4.74 Å². The number of hydrogen-bond acceptors (Lipinski definition) is 3. The third kappa shape index (κ3) is 2.79. The topological polar surface area (TPSA) is 32.7 Å². The SMILES string of the molecule is CCCN1CCOC(c2cccc(O)c2C)C1. The maximum Gasteiger partial charge on any atom is 0.118 e. The van der Waals surface area contributed by atoms with Gasteiger partial charge in [0.2, 0.25) is 0 Å². The van der Waals surface area contributed by atoms with Crippen LogP contribution in [0.15, 0.2) is 18.2 Å². The molecular formula is C14H21NO2. The highest BCUT2D eigenvalue weighted by Crippen LogP contribution is 2.29. The first kappa shape index (κ1) is 12.4. The highest BCUT2D eigenvalue weighted by Gasteiger charge is 2.23. The van der Waals surface area contributed by atoms with Crippen molar-refractivity contribution >= 4 is 0 Å². The van der Waals surface area contributed by atoms with Gasteiger partial charge in [-0.2, -0.15) is 0 Å². The Labute approximate surface area is 103 Å². The summed E-state index contributed by atoms with van der Waals surface area (Å²) in [5.74, 6) is 0.360. The Hall–Kier alpha value is -1.06. The smallest absolute Gasteiger partial charge is 0.118 e. The van der Waals surface area contributed by atoms with E-state index < -0.39 is 0 Å². The second kappa shape index (κ2) is 5.52. The fourth-order valence-electron chi connectivity index (χ4n) is 2.40. The minimum absolute atomic E-state index is 0.0994. The van der Waals surface area contributed by atoms with E-state index in [4.69, 9.17) is 4.74 Å². The van der Waals surface area contributed by atoms with Crippen molar-refractivity contribution in [3.63, 3.8) is 0 Å². The van der Waals surface area contributed by atoms with Crippen LogP contribution in [0.3, 0.4) is 0 Å². The van der Waals surface area contributed by atoms with Crippen LogP contribution in [0.4, 0.5) is 0 Å². The lowest BCUT2D eigenvalue weighted by atomic mass is 10.0. The van der Waals surface area contributed by atoms with Gasteiger partial charge in [-0.15, -0.1) is 0 Å². The van der Waals surface area contributed by atoms with Gasteiger partial charge in [0.1, 0.15) is 5.75 Å². The summed E-state index contributed by atoms with van der Waals surface area (Å²) in [5.41, 5.74) is 2.06. The summed E-state index contributed by atoms with van der Waals surface area (Å²) >= 11 is 0. The number of benzene rings is 1. The monoisotopic (exact) mass is 235 g/mol. The summed E-state index contributed by atoms with van der Waals surface area (Å²) < 4.78 is 5.82. The molecule has 3 heteroatoms. The van der Waals surface area contributed by atoms with Gasteiger partial charge in [0, 0.05) is 13.1 Å². The summed E-state index contributed by atoms with van der Waals surface area (Å²) in [6.45, 7) is 7.99. The number of ether oxygens (including phenoxy) is 1. The summed E-state index contributed by atoms with van der Waals surface area (Å²) in [6.07, 6.45) is 1.27. The number of nitrogens with zero attached hydrogens (tertiary/aromatic N) is 1. The van der Waals surface area contributed by atoms with Crippen LogP contribution in [0.5, 0.6) is 5.75 Å². The van der Waals surface area contributed by atoms with E-state index in [1.807, 2.05) is 13.0 Å². The van der Waals surface area contributed by atoms with Crippen LogP contribution in [0.1, 0.15) is 30.6 Å². The Morgan fingerprint density at radius 1 is 1.47 bits per heavy atom. The van der Waals surface area contributed by atoms with E-state index in [1.54, 1.807) is 6.07 Å². The van der Waals surface area contributed by atoms with E-state index in [-0.39, 0.29) is 6.10 Å². The Morgan fingerprint density at radius 2 is 2.29 bits per heavy atom. The maximum absolute atomic E-state index is 9.73. The van der Waals surface area contributed by atoms with Crippen LogP contribution in [0, 0.1) is 6.92 Å². The zero-order valence-corrected chi connectivity index (χ0v) is 10.6. The molecule has 1 N–H and O–H groups in total. The number of phenols is 1. The summed E-state index contributed by atoms with van der Waals surface area (Å²) in [7, 11) is 0. The van der Waals surface area contributed by atoms with E-state index in [1.165, 1.54) is 6.42 Å². The van der Waals surface area contributed by atoms with Gasteiger partial charge < -0.3 is 9.84 Å². The average Bonchev–Trinajstić information content (AvgIpc) is 2.33. The fraction of sp³-hybridized carbons (Fsp3) is 0.571. The predicted octanol–water partition coefficient (Wildman–Crippen LogP) is 2.48. The largest absolute Gasteiger partial charge is 0.508 e. The zero-order valence-electron chi connectivity index (χ0n) is 10.6. The molecule has 0 aromatic heterocycles. The van der Waals surface area contributed by atoms with Crippen LogP contribution >= 0.6 is 0 Å². The van der Waals surface area contributed by atoms with Crippen molar-refractivity contribution < 1.29 is 9.84 Å². The van der Waals surface area contributed by atoms with Crippen molar-refractivity contribution in [3.8, 4) is 5.75 Å². The molecule has 0 bridgehead atoms. The van der Waals surface area contributed by atoms with Crippen molar-refractivity contribution in [2.45, 2.75) is 26.4 Å². The lowest BCUT2D eigenvalue weighted by molar-refractivity contribution is -0.0302. The van der Waals surface area contributed by atoms with E-state index in [0.29, 0.717) is 5.75 Å². The molecule has 1 aromatic carbocycles. The predicted molar refractivity (Wildman–Crippen MR) is 68.3 cm³/mol. The molecule has 0 saturated carbocycles. The highest BCUT2D eigenvalue weighted by atomic mass is 16.5. The van der Waals surface area contributed by atoms with Crippen LogP contribution in [0.25, 0.3) is 0 Å². The third-order valence-corrected chi connectivity index (χ3v) is 3.38. The number of aromatic hydroxyl groups is 1. The van der Waals surface area contributed by atoms with Crippen LogP contribution < -0.4 is 0 Å². The quantitative estimate of drug-likeness (QED) is 0.873. The summed E-state index contributed by atoms with van der Waals surface area (Å²) in [5, 5.41) is 9.73. The van der Waals surface area contributed by atoms with E-state index >= 15 is 0 Å². The van der Waals surface area contributed by atoms with Crippen molar-refractivity contribution in [2.75, 3.05) is 26.2 Å². The summed E-state index contributed by atoms with van der Waals surface area (Å²) in [4.78, 5) is 2.43. The van der Waals surface area contributed by atoms with Crippen LogP contribution in [0.2, 0.25) is 0 Å². The third-order valence-electron chi connectivity index (χ3n) is 3.38. The zero-order chi connectivity index (χ0) is 12.3. The van der Waals surface area contributed by atoms with E-state index in [9.17, 15) is 5.11 Å². The fourth-order valence-corrected chi connectivity index (χ4v) is 2.40. The first-order valence-electron chi connectivity index (χ1n) is 6.34. The molecule has 1 aliphatic heterocycles. The number of rotatable bonds is 3. The maximum atomic E-state index is 9.73. The minimum Gasteiger partial charge on any atom is -0.508 e. The molecule has 17 heavy (non-hydrogen) atoms. The van der Waals surface area contributed by atoms with Gasteiger partial charge in [-0.1, -0.05) is 19.1 Å². The molecule has 0 radical (unpaired) electrons. The minimum atomic E-state index is 0.0994. The number of morpholine rings is 1. The Balaban J connectivity index is 2.13. The second-order valence-corrected chi connectivity index (χ2v) is 4.65. The summed E-state index contributed by atoms with van der Waals surface area (Å²) in [6, 6.07) is 5.67. The molecule has 1 unspecified atom stereocenters. The Morgan fingerprint density at radius 3 is 3.06 bits per heavy atom. The van der Waals surface area contributed by atoms with Gasteiger partial charge >= 0.3 is 0 Å². The molecule has 0 spiro atoms. The Bertz CT molecular complexity index is 376. The van der Waals surface area contributed by atoms with Crippen LogP contribution in [-0.4, -0.2) is 36.2 Å². The van der Waals surface area contributed by atoms with Crippen molar-refractivity contribution in [1.29, 1.82) is 0 Å². The second-order valence-electron chi connectivity index (χ2n) is 4.65. The normalized spacial score (nSPS) is 21.6. The average molecular weight is 235 g/mol. The number of phenolic OH excluding ortho intramolecular Hbond substituents is 1. The van der Waals surface area contributed by atoms with Crippen molar-refractivity contribution in [3.05, 3.63) is 29.3 Å². The lowest BCUT2D eigenvalue weighted by Gasteiger charge is -2.33. The molecule has 1 atom stereocenters. The number of hydrogen-bond donors (Lipinski definition) is 1. The van der Waals surface area contributed by atoms with Crippen molar-refractivity contribution in [2.24, 2.45) is 0 Å². The van der Waals surface area contributed by atoms with E-state index in [2.05, 4.69) is 17.9 Å². The molecule has 0 amide bonds. The van der Waals surface area contributed by atoms with Gasteiger partial charge in [0.15, 0.2) is 0 Å². The molecule has 1 heterocycles. The van der Waals surface area contributed by atoms with Gasteiger partial charge in [0.25, 0.3) is 0 Å². The van der Waals surface area contributed by atoms with E-state index in [0.717, 1.165) is 37.4 Å². The first-order chi connectivity index (χ1) is 8.22.